The van der Waals surface area contributed by atoms with Crippen LogP contribution in [0.3, 0.4) is 0 Å². The minimum absolute atomic E-state index is 0.000762. The second-order valence-electron chi connectivity index (χ2n) is 5.26. The second kappa shape index (κ2) is 5.87. The number of anilines is 1. The molecule has 1 amide bonds. The Kier molecular flexibility index (Phi) is 4.73. The van der Waals surface area contributed by atoms with Crippen molar-refractivity contribution in [3.8, 4) is 0 Å². The summed E-state index contributed by atoms with van der Waals surface area (Å²) in [5.41, 5.74) is 12.6. The van der Waals surface area contributed by atoms with E-state index in [-0.39, 0.29) is 5.41 Å². The molecule has 0 saturated heterocycles. The van der Waals surface area contributed by atoms with Crippen LogP contribution in [0.5, 0.6) is 0 Å². The molecule has 0 saturated carbocycles. The van der Waals surface area contributed by atoms with E-state index in [9.17, 15) is 4.79 Å². The summed E-state index contributed by atoms with van der Waals surface area (Å²) in [5, 5.41) is 0. The standard InChI is InChI=1S/C14H23N3O/c1-4-17(10-14(2,3)9-15)12-8-6-5-7-11(12)13(16)18/h5-8H,4,9-10,15H2,1-3H3,(H2,16,18). The van der Waals surface area contributed by atoms with Crippen LogP contribution in [-0.4, -0.2) is 25.5 Å². The molecule has 1 aromatic rings. The van der Waals surface area contributed by atoms with Crippen molar-refractivity contribution in [3.05, 3.63) is 29.8 Å². The van der Waals surface area contributed by atoms with Crippen LogP contribution in [0.25, 0.3) is 0 Å². The van der Waals surface area contributed by atoms with Crippen molar-refractivity contribution in [1.82, 2.24) is 0 Å². The van der Waals surface area contributed by atoms with Crippen LogP contribution in [0.15, 0.2) is 24.3 Å². The number of carbonyl (C=O) groups excluding carboxylic acids is 1. The van der Waals surface area contributed by atoms with Crippen molar-refractivity contribution in [2.75, 3.05) is 24.5 Å². The van der Waals surface area contributed by atoms with E-state index in [0.29, 0.717) is 12.1 Å². The minimum atomic E-state index is -0.394. The molecule has 0 fully saturated rings. The van der Waals surface area contributed by atoms with E-state index in [1.807, 2.05) is 18.2 Å². The van der Waals surface area contributed by atoms with Gasteiger partial charge in [0, 0.05) is 18.8 Å². The predicted molar refractivity (Wildman–Crippen MR) is 75.7 cm³/mol. The Morgan fingerprint density at radius 1 is 1.33 bits per heavy atom. The van der Waals surface area contributed by atoms with E-state index >= 15 is 0 Å². The van der Waals surface area contributed by atoms with Gasteiger partial charge in [-0.05, 0) is 31.0 Å². The molecule has 18 heavy (non-hydrogen) atoms. The highest BCUT2D eigenvalue weighted by molar-refractivity contribution is 5.98. The Morgan fingerprint density at radius 2 is 1.94 bits per heavy atom. The Morgan fingerprint density at radius 3 is 2.44 bits per heavy atom. The van der Waals surface area contributed by atoms with Gasteiger partial charge in [-0.25, -0.2) is 0 Å². The smallest absolute Gasteiger partial charge is 0.250 e. The van der Waals surface area contributed by atoms with E-state index in [2.05, 4.69) is 25.7 Å². The first-order valence-electron chi connectivity index (χ1n) is 6.25. The predicted octanol–water partition coefficient (Wildman–Crippen LogP) is 1.60. The third-order valence-corrected chi connectivity index (χ3v) is 3.06. The van der Waals surface area contributed by atoms with Gasteiger partial charge < -0.3 is 16.4 Å². The molecule has 1 rings (SSSR count). The first kappa shape index (κ1) is 14.5. The quantitative estimate of drug-likeness (QED) is 0.804. The molecule has 1 aromatic carbocycles. The molecule has 0 radical (unpaired) electrons. The highest BCUT2D eigenvalue weighted by Crippen LogP contribution is 2.24. The molecular formula is C14H23N3O. The van der Waals surface area contributed by atoms with Crippen molar-refractivity contribution >= 4 is 11.6 Å². The maximum atomic E-state index is 11.4. The summed E-state index contributed by atoms with van der Waals surface area (Å²) in [6.45, 7) is 8.50. The number of hydrogen-bond donors (Lipinski definition) is 2. The van der Waals surface area contributed by atoms with Crippen molar-refractivity contribution < 1.29 is 4.79 Å². The van der Waals surface area contributed by atoms with E-state index in [4.69, 9.17) is 11.5 Å². The van der Waals surface area contributed by atoms with E-state index < -0.39 is 5.91 Å². The van der Waals surface area contributed by atoms with Gasteiger partial charge in [-0.1, -0.05) is 26.0 Å². The summed E-state index contributed by atoms with van der Waals surface area (Å²) >= 11 is 0. The molecular weight excluding hydrogens is 226 g/mol. The highest BCUT2D eigenvalue weighted by atomic mass is 16.1. The maximum absolute atomic E-state index is 11.4. The Bertz CT molecular complexity index is 415. The summed E-state index contributed by atoms with van der Waals surface area (Å²) in [7, 11) is 0. The van der Waals surface area contributed by atoms with Crippen LogP contribution >= 0.6 is 0 Å². The van der Waals surface area contributed by atoms with Crippen molar-refractivity contribution in [2.24, 2.45) is 16.9 Å². The van der Waals surface area contributed by atoms with Gasteiger partial charge in [-0.15, -0.1) is 0 Å². The molecule has 0 heterocycles. The van der Waals surface area contributed by atoms with Crippen LogP contribution in [0, 0.1) is 5.41 Å². The van der Waals surface area contributed by atoms with Crippen LogP contribution in [-0.2, 0) is 0 Å². The lowest BCUT2D eigenvalue weighted by Gasteiger charge is -2.33. The number of carbonyl (C=O) groups is 1. The summed E-state index contributed by atoms with van der Waals surface area (Å²) in [4.78, 5) is 13.6. The monoisotopic (exact) mass is 249 g/mol. The molecule has 0 aliphatic carbocycles. The van der Waals surface area contributed by atoms with E-state index in [0.717, 1.165) is 18.8 Å². The number of nitrogens with zero attached hydrogens (tertiary/aromatic N) is 1. The highest BCUT2D eigenvalue weighted by Gasteiger charge is 2.21. The number of benzene rings is 1. The number of para-hydroxylation sites is 1. The molecule has 0 aliphatic rings. The summed E-state index contributed by atoms with van der Waals surface area (Å²) in [6.07, 6.45) is 0. The van der Waals surface area contributed by atoms with Crippen LogP contribution in [0.2, 0.25) is 0 Å². The lowest BCUT2D eigenvalue weighted by Crippen LogP contribution is -2.39. The zero-order chi connectivity index (χ0) is 13.8. The number of rotatable bonds is 6. The lowest BCUT2D eigenvalue weighted by molar-refractivity contribution is 0.100. The molecule has 0 bridgehead atoms. The number of nitrogens with two attached hydrogens (primary N) is 2. The van der Waals surface area contributed by atoms with Gasteiger partial charge >= 0.3 is 0 Å². The molecule has 0 spiro atoms. The molecule has 4 nitrogen and oxygen atoms in total. The zero-order valence-electron chi connectivity index (χ0n) is 11.4. The van der Waals surface area contributed by atoms with Crippen LogP contribution in [0.1, 0.15) is 31.1 Å². The average Bonchev–Trinajstić information content (AvgIpc) is 2.36. The van der Waals surface area contributed by atoms with Crippen LogP contribution in [0.4, 0.5) is 5.69 Å². The zero-order valence-corrected chi connectivity index (χ0v) is 11.4. The van der Waals surface area contributed by atoms with Crippen LogP contribution < -0.4 is 16.4 Å². The molecule has 4 N–H and O–H groups in total. The minimum Gasteiger partial charge on any atom is -0.371 e. The SMILES string of the molecule is CCN(CC(C)(C)CN)c1ccccc1C(N)=O. The lowest BCUT2D eigenvalue weighted by atomic mass is 9.92. The van der Waals surface area contributed by atoms with Gasteiger partial charge in [0.15, 0.2) is 0 Å². The van der Waals surface area contributed by atoms with Gasteiger partial charge in [0.2, 0.25) is 0 Å². The number of primary amides is 1. The first-order chi connectivity index (χ1) is 8.41. The van der Waals surface area contributed by atoms with E-state index in [1.165, 1.54) is 0 Å². The van der Waals surface area contributed by atoms with Crippen molar-refractivity contribution in [3.63, 3.8) is 0 Å². The number of amides is 1. The average molecular weight is 249 g/mol. The molecule has 0 unspecified atom stereocenters. The molecule has 100 valence electrons. The van der Waals surface area contributed by atoms with Gasteiger partial charge in [-0.2, -0.15) is 0 Å². The first-order valence-corrected chi connectivity index (χ1v) is 6.25. The van der Waals surface area contributed by atoms with Crippen molar-refractivity contribution in [2.45, 2.75) is 20.8 Å². The largest absolute Gasteiger partial charge is 0.371 e. The van der Waals surface area contributed by atoms with E-state index in [1.54, 1.807) is 6.07 Å². The fourth-order valence-electron chi connectivity index (χ4n) is 1.91. The van der Waals surface area contributed by atoms with Gasteiger partial charge in [0.05, 0.1) is 5.56 Å². The fraction of sp³-hybridized carbons (Fsp3) is 0.500. The molecule has 0 atom stereocenters. The Labute approximate surface area is 109 Å². The van der Waals surface area contributed by atoms with Gasteiger partial charge in [-0.3, -0.25) is 4.79 Å². The normalized spacial score (nSPS) is 11.3. The third-order valence-electron chi connectivity index (χ3n) is 3.06. The summed E-state index contributed by atoms with van der Waals surface area (Å²) < 4.78 is 0. The third kappa shape index (κ3) is 3.47. The summed E-state index contributed by atoms with van der Waals surface area (Å²) in [6, 6.07) is 7.43. The maximum Gasteiger partial charge on any atom is 0.250 e. The van der Waals surface area contributed by atoms with Crippen molar-refractivity contribution in [1.29, 1.82) is 0 Å². The molecule has 0 aromatic heterocycles. The Hall–Kier alpha value is -1.55. The van der Waals surface area contributed by atoms with Gasteiger partial charge in [0.25, 0.3) is 5.91 Å². The summed E-state index contributed by atoms with van der Waals surface area (Å²) in [5.74, 6) is -0.394. The topological polar surface area (TPSA) is 72.3 Å². The fourth-order valence-corrected chi connectivity index (χ4v) is 1.91. The molecule has 0 aliphatic heterocycles. The van der Waals surface area contributed by atoms with Gasteiger partial charge in [0.1, 0.15) is 0 Å². The second-order valence-corrected chi connectivity index (χ2v) is 5.26. The number of hydrogen-bond acceptors (Lipinski definition) is 3. The molecule has 4 heteroatoms. The Balaban J connectivity index is 3.06.